The summed E-state index contributed by atoms with van der Waals surface area (Å²) < 4.78 is 23.7. The van der Waals surface area contributed by atoms with E-state index in [0.717, 1.165) is 5.71 Å². The van der Waals surface area contributed by atoms with Gasteiger partial charge in [0.2, 0.25) is 0 Å². The molecule has 1 N–H and O–H groups in total. The smallest absolute Gasteiger partial charge is 0.476 e. The van der Waals surface area contributed by atoms with Crippen LogP contribution in [-0.4, -0.2) is 37.3 Å². The number of nitrogens with one attached hydrogen (secondary N) is 1. The number of nitrogens with zero attached hydrogens (tertiary/aromatic N) is 2. The molecule has 2 aliphatic rings. The van der Waals surface area contributed by atoms with E-state index in [0.29, 0.717) is 46.8 Å². The molecule has 0 spiro atoms. The molecule has 0 bridgehead atoms. The quantitative estimate of drug-likeness (QED) is 0.376. The van der Waals surface area contributed by atoms with Gasteiger partial charge in [-0.2, -0.15) is 0 Å². The molecule has 3 rings (SSSR count). The van der Waals surface area contributed by atoms with Crippen molar-refractivity contribution in [2.24, 2.45) is 9.98 Å². The summed E-state index contributed by atoms with van der Waals surface area (Å²) in [5, 5.41) is 3.04. The largest absolute Gasteiger partial charge is 1.00 e. The van der Waals surface area contributed by atoms with Crippen molar-refractivity contribution in [1.29, 1.82) is 0 Å². The van der Waals surface area contributed by atoms with Gasteiger partial charge in [-0.25, -0.2) is 11.3 Å². The summed E-state index contributed by atoms with van der Waals surface area (Å²) in [5.41, 5.74) is 2.10. The molecule has 0 aliphatic carbocycles. The number of rotatable bonds is 6. The maximum Gasteiger partial charge on any atom is 1.00 e. The molecule has 1 aromatic carbocycles. The predicted octanol–water partition coefficient (Wildman–Crippen LogP) is 1.32. The number of aliphatic imine (C=N–C) groups is 2. The average Bonchev–Trinajstić information content (AvgIpc) is 3.23. The first-order valence-corrected chi connectivity index (χ1v) is 10.1. The average molecular weight is 484 g/mol. The Morgan fingerprint density at radius 3 is 2.58 bits per heavy atom. The fraction of sp³-hybridized carbons (Fsp3) is 0.273. The molecule has 0 fully saturated rings. The van der Waals surface area contributed by atoms with Crippen LogP contribution in [0.2, 0.25) is 0 Å². The summed E-state index contributed by atoms with van der Waals surface area (Å²) in [6, 6.07) is 3.60. The summed E-state index contributed by atoms with van der Waals surface area (Å²) in [4.78, 5) is 21.3. The second-order valence-electron chi connectivity index (χ2n) is 6.06. The Labute approximate surface area is 203 Å². The van der Waals surface area contributed by atoms with Gasteiger partial charge in [0.1, 0.15) is 11.7 Å². The summed E-state index contributed by atoms with van der Waals surface area (Å²) in [6.07, 6.45) is 4.26. The maximum atomic E-state index is 13.5. The monoisotopic (exact) mass is 483 g/mol. The summed E-state index contributed by atoms with van der Waals surface area (Å²) >= 11 is 3.35. The minimum Gasteiger partial charge on any atom is -0.476 e. The Hall–Kier alpha value is -1.85. The summed E-state index contributed by atoms with van der Waals surface area (Å²) in [7, 11) is 0. The molecule has 0 amide bonds. The van der Waals surface area contributed by atoms with Gasteiger partial charge in [0.05, 0.1) is 12.3 Å². The van der Waals surface area contributed by atoms with E-state index in [1.54, 1.807) is 19.2 Å². The number of amidine groups is 1. The Kier molecular flexibility index (Phi) is 11.9. The maximum absolute atomic E-state index is 13.5. The number of carbonyl (C=O) groups is 1. The molecular formula is C22H24BrFLiN3O3-2. The van der Waals surface area contributed by atoms with Gasteiger partial charge in [0, 0.05) is 23.1 Å². The zero-order valence-corrected chi connectivity index (χ0v) is 19.4. The standard InChI is InChI=1S/C18H16BrFN3O2.C4H8O.Li/c1-3-25-18(24)15-10(2)22-17(14-5-4-8-21-14)23-16(15)12-7-6-11(20)9-13(12)19;1-3-5-4-2;/h4,6-9,16H,2-3,5H2,1H3,(H,22,23);1-4H2;/q-1;-2;+1. The van der Waals surface area contributed by atoms with Crippen LogP contribution in [0.1, 0.15) is 24.9 Å². The van der Waals surface area contributed by atoms with Crippen LogP contribution in [0.25, 0.3) is 0 Å². The molecule has 1 atom stereocenters. The van der Waals surface area contributed by atoms with Crippen LogP contribution in [0, 0.1) is 26.6 Å². The van der Waals surface area contributed by atoms with Crippen LogP contribution in [0.4, 0.5) is 4.39 Å². The first kappa shape index (κ1) is 27.2. The molecule has 9 heteroatoms. The van der Waals surface area contributed by atoms with Crippen LogP contribution in [0.5, 0.6) is 0 Å². The van der Waals surface area contributed by atoms with Gasteiger partial charge in [-0.05, 0) is 24.6 Å². The minimum atomic E-state index is -0.666. The molecular weight excluding hydrogens is 460 g/mol. The first-order valence-electron chi connectivity index (χ1n) is 9.34. The van der Waals surface area contributed by atoms with Crippen LogP contribution < -0.4 is 24.2 Å². The topological polar surface area (TPSA) is 72.3 Å². The van der Waals surface area contributed by atoms with Crippen molar-refractivity contribution in [3.05, 3.63) is 78.4 Å². The molecule has 6 nitrogen and oxygen atoms in total. The van der Waals surface area contributed by atoms with Crippen LogP contribution in [-0.2, 0) is 14.3 Å². The number of halogens is 2. The third-order valence-corrected chi connectivity index (χ3v) is 4.77. The van der Waals surface area contributed by atoms with Gasteiger partial charge in [-0.3, -0.25) is 14.8 Å². The normalized spacial score (nSPS) is 17.0. The molecule has 1 aromatic rings. The number of hydrogen-bond donors (Lipinski definition) is 1. The van der Waals surface area contributed by atoms with Crippen molar-refractivity contribution in [3.8, 4) is 0 Å². The number of hydrogen-bond acceptors (Lipinski definition) is 6. The summed E-state index contributed by atoms with van der Waals surface area (Å²) in [5.74, 6) is -0.338. The van der Waals surface area contributed by atoms with Gasteiger partial charge >= 0.3 is 18.9 Å². The molecule has 0 saturated carbocycles. The molecule has 162 valence electrons. The van der Waals surface area contributed by atoms with E-state index in [9.17, 15) is 9.18 Å². The number of esters is 1. The third-order valence-electron chi connectivity index (χ3n) is 4.09. The van der Waals surface area contributed by atoms with Gasteiger partial charge < -0.3 is 28.6 Å². The van der Waals surface area contributed by atoms with Crippen molar-refractivity contribution in [3.63, 3.8) is 0 Å². The fourth-order valence-corrected chi connectivity index (χ4v) is 3.33. The first-order chi connectivity index (χ1) is 14.4. The number of carbonyl (C=O) groups excluding carboxylic acids is 1. The van der Waals surface area contributed by atoms with Crippen molar-refractivity contribution in [2.45, 2.75) is 19.4 Å². The molecule has 0 saturated heterocycles. The summed E-state index contributed by atoms with van der Waals surface area (Å²) in [6.45, 7) is 13.8. The Bertz CT molecular complexity index is 898. The van der Waals surface area contributed by atoms with Gasteiger partial charge in [-0.15, -0.1) is 5.70 Å². The van der Waals surface area contributed by atoms with Crippen LogP contribution >= 0.6 is 15.9 Å². The number of benzene rings is 1. The van der Waals surface area contributed by atoms with E-state index in [-0.39, 0.29) is 31.3 Å². The number of ether oxygens (including phenoxy) is 2. The van der Waals surface area contributed by atoms with E-state index in [1.807, 2.05) is 6.08 Å². The minimum absolute atomic E-state index is 0. The van der Waals surface area contributed by atoms with Gasteiger partial charge in [0.15, 0.2) is 0 Å². The Morgan fingerprint density at radius 1 is 1.35 bits per heavy atom. The van der Waals surface area contributed by atoms with E-state index in [4.69, 9.17) is 4.74 Å². The van der Waals surface area contributed by atoms with E-state index >= 15 is 0 Å². The van der Waals surface area contributed by atoms with Gasteiger partial charge in [0.25, 0.3) is 5.97 Å². The van der Waals surface area contributed by atoms with E-state index < -0.39 is 12.0 Å². The second kappa shape index (κ2) is 13.5. The predicted molar refractivity (Wildman–Crippen MR) is 119 cm³/mol. The molecule has 1 unspecified atom stereocenters. The number of allylic oxidation sites excluding steroid dienone is 2. The molecule has 31 heavy (non-hydrogen) atoms. The van der Waals surface area contributed by atoms with Crippen molar-refractivity contribution in [1.82, 2.24) is 5.32 Å². The molecule has 0 aromatic heterocycles. The molecule has 0 radical (unpaired) electrons. The van der Waals surface area contributed by atoms with Crippen molar-refractivity contribution in [2.75, 3.05) is 19.8 Å². The third kappa shape index (κ3) is 7.36. The zero-order valence-electron chi connectivity index (χ0n) is 17.8. The van der Waals surface area contributed by atoms with E-state index in [1.165, 1.54) is 12.1 Å². The zero-order chi connectivity index (χ0) is 22.1. The Balaban J connectivity index is 0.000000721. The van der Waals surface area contributed by atoms with Crippen molar-refractivity contribution >= 4 is 33.4 Å². The van der Waals surface area contributed by atoms with Gasteiger partial charge in [-0.1, -0.05) is 46.9 Å². The SMILES string of the molecule is [CH2-]C1=C(C(=O)OCC)C(c2ccc(F)cc2Br)N=C(C2=NC=CC2)N1.[CH2-]COC[CH2-].[Li+]. The fourth-order valence-electron chi connectivity index (χ4n) is 2.76. The molecule has 2 aliphatic heterocycles. The van der Waals surface area contributed by atoms with Crippen molar-refractivity contribution < 1.29 is 37.5 Å². The second-order valence-corrected chi connectivity index (χ2v) is 6.92. The van der Waals surface area contributed by atoms with Crippen LogP contribution in [0.15, 0.2) is 56.2 Å². The Morgan fingerprint density at radius 2 is 2.06 bits per heavy atom. The van der Waals surface area contributed by atoms with Crippen LogP contribution in [0.3, 0.4) is 0 Å². The van der Waals surface area contributed by atoms with E-state index in [2.05, 4.69) is 56.7 Å². The molecule has 2 heterocycles.